The molecule has 1 rings (SSSR count). The van der Waals surface area contributed by atoms with Gasteiger partial charge in [0.1, 0.15) is 5.84 Å². The Labute approximate surface area is 83.5 Å². The van der Waals surface area contributed by atoms with Crippen LogP contribution in [0.1, 0.15) is 31.9 Å². The number of thiophene rings is 1. The first-order valence-electron chi connectivity index (χ1n) is 4.28. The highest BCUT2D eigenvalue weighted by Gasteiger charge is 2.10. The first-order valence-corrected chi connectivity index (χ1v) is 5.23. The van der Waals surface area contributed by atoms with Gasteiger partial charge in [-0.3, -0.25) is 4.99 Å². The largest absolute Gasteiger partial charge is 0.383 e. The molecule has 2 N–H and O–H groups in total. The average molecular weight is 196 g/mol. The maximum atomic E-state index is 5.88. The summed E-state index contributed by atoms with van der Waals surface area (Å²) < 4.78 is 0. The van der Waals surface area contributed by atoms with Crippen molar-refractivity contribution >= 4 is 17.2 Å². The van der Waals surface area contributed by atoms with E-state index in [4.69, 9.17) is 5.73 Å². The molecule has 72 valence electrons. The van der Waals surface area contributed by atoms with Crippen molar-refractivity contribution in [3.05, 3.63) is 21.9 Å². The minimum atomic E-state index is -0.0987. The number of nitrogens with zero attached hydrogens (tertiary/aromatic N) is 1. The molecule has 0 fully saturated rings. The number of hydrogen-bond acceptors (Lipinski definition) is 2. The van der Waals surface area contributed by atoms with Gasteiger partial charge in [0.05, 0.1) is 5.54 Å². The van der Waals surface area contributed by atoms with Gasteiger partial charge in [0.15, 0.2) is 0 Å². The van der Waals surface area contributed by atoms with Crippen LogP contribution in [0.15, 0.2) is 15.8 Å². The lowest BCUT2D eigenvalue weighted by atomic mass is 10.1. The van der Waals surface area contributed by atoms with Gasteiger partial charge in [0.25, 0.3) is 0 Å². The molecule has 0 atom stereocenters. The smallest absolute Gasteiger partial charge is 0.127 e. The van der Waals surface area contributed by atoms with Gasteiger partial charge in [-0.2, -0.15) is 11.3 Å². The van der Waals surface area contributed by atoms with Crippen molar-refractivity contribution in [3.63, 3.8) is 0 Å². The van der Waals surface area contributed by atoms with Gasteiger partial charge in [-0.15, -0.1) is 0 Å². The summed E-state index contributed by atoms with van der Waals surface area (Å²) in [6.07, 6.45) is 0. The number of aryl methyl sites for hydroxylation is 1. The third kappa shape index (κ3) is 2.84. The van der Waals surface area contributed by atoms with Crippen molar-refractivity contribution in [1.82, 2.24) is 0 Å². The van der Waals surface area contributed by atoms with Crippen LogP contribution in [-0.2, 0) is 0 Å². The van der Waals surface area contributed by atoms with E-state index in [0.717, 1.165) is 5.56 Å². The standard InChI is InChI=1S/C10H16N2S/c1-7-5-13-6-8(7)9(11)12-10(2,3)4/h5-6H,1-4H3,(H2,11,12). The maximum Gasteiger partial charge on any atom is 0.127 e. The van der Waals surface area contributed by atoms with Crippen LogP contribution in [0.4, 0.5) is 0 Å². The van der Waals surface area contributed by atoms with E-state index in [0.29, 0.717) is 5.84 Å². The van der Waals surface area contributed by atoms with Gasteiger partial charge in [-0.1, -0.05) is 0 Å². The quantitative estimate of drug-likeness (QED) is 0.544. The molecular formula is C10H16N2S. The number of amidine groups is 1. The van der Waals surface area contributed by atoms with Crippen LogP contribution < -0.4 is 5.73 Å². The zero-order valence-electron chi connectivity index (χ0n) is 8.59. The molecule has 0 aliphatic rings. The van der Waals surface area contributed by atoms with Crippen LogP contribution >= 0.6 is 11.3 Å². The van der Waals surface area contributed by atoms with Crippen LogP contribution in [-0.4, -0.2) is 11.4 Å². The molecule has 13 heavy (non-hydrogen) atoms. The van der Waals surface area contributed by atoms with Crippen molar-refractivity contribution in [3.8, 4) is 0 Å². The molecule has 1 heterocycles. The summed E-state index contributed by atoms with van der Waals surface area (Å²) in [5.74, 6) is 0.645. The molecule has 0 aromatic carbocycles. The van der Waals surface area contributed by atoms with Crippen molar-refractivity contribution < 1.29 is 0 Å². The summed E-state index contributed by atoms with van der Waals surface area (Å²) in [5.41, 5.74) is 8.06. The second-order valence-electron chi connectivity index (χ2n) is 4.14. The summed E-state index contributed by atoms with van der Waals surface area (Å²) in [6, 6.07) is 0. The minimum absolute atomic E-state index is 0.0987. The number of rotatable bonds is 1. The minimum Gasteiger partial charge on any atom is -0.383 e. The summed E-state index contributed by atoms with van der Waals surface area (Å²) in [7, 11) is 0. The SMILES string of the molecule is Cc1cscc1C(N)=NC(C)(C)C. The fourth-order valence-corrected chi connectivity index (χ4v) is 1.89. The fraction of sp³-hybridized carbons (Fsp3) is 0.500. The summed E-state index contributed by atoms with van der Waals surface area (Å²) in [4.78, 5) is 4.41. The van der Waals surface area contributed by atoms with Gasteiger partial charge in [-0.25, -0.2) is 0 Å². The van der Waals surface area contributed by atoms with E-state index in [1.165, 1.54) is 5.56 Å². The first-order chi connectivity index (χ1) is 5.90. The lowest BCUT2D eigenvalue weighted by Gasteiger charge is -2.13. The lowest BCUT2D eigenvalue weighted by molar-refractivity contribution is 0.583. The number of hydrogen-bond donors (Lipinski definition) is 1. The van der Waals surface area contributed by atoms with Crippen LogP contribution in [0.2, 0.25) is 0 Å². The Bertz CT molecular complexity index is 318. The second kappa shape index (κ2) is 3.50. The molecule has 0 saturated carbocycles. The van der Waals surface area contributed by atoms with Crippen molar-refractivity contribution in [2.45, 2.75) is 33.2 Å². The molecule has 0 bridgehead atoms. The molecule has 3 heteroatoms. The molecule has 0 radical (unpaired) electrons. The molecule has 0 saturated heterocycles. The van der Waals surface area contributed by atoms with Crippen LogP contribution in [0.25, 0.3) is 0 Å². The van der Waals surface area contributed by atoms with Crippen LogP contribution in [0.3, 0.4) is 0 Å². The molecule has 1 aromatic rings. The Morgan fingerprint density at radius 3 is 2.38 bits per heavy atom. The Balaban J connectivity index is 2.98. The van der Waals surface area contributed by atoms with E-state index >= 15 is 0 Å². The molecular weight excluding hydrogens is 180 g/mol. The van der Waals surface area contributed by atoms with Gasteiger partial charge < -0.3 is 5.73 Å². The molecule has 0 spiro atoms. The highest BCUT2D eigenvalue weighted by Crippen LogP contribution is 2.15. The molecule has 0 amide bonds. The predicted molar refractivity (Wildman–Crippen MR) is 59.5 cm³/mol. The van der Waals surface area contributed by atoms with E-state index in [-0.39, 0.29) is 5.54 Å². The highest BCUT2D eigenvalue weighted by molar-refractivity contribution is 7.08. The Morgan fingerprint density at radius 2 is 2.00 bits per heavy atom. The monoisotopic (exact) mass is 196 g/mol. The molecule has 2 nitrogen and oxygen atoms in total. The molecule has 0 aliphatic heterocycles. The van der Waals surface area contributed by atoms with E-state index < -0.39 is 0 Å². The zero-order valence-corrected chi connectivity index (χ0v) is 9.40. The van der Waals surface area contributed by atoms with Crippen LogP contribution in [0.5, 0.6) is 0 Å². The highest BCUT2D eigenvalue weighted by atomic mass is 32.1. The normalized spacial score (nSPS) is 13.4. The topological polar surface area (TPSA) is 38.4 Å². The van der Waals surface area contributed by atoms with Gasteiger partial charge >= 0.3 is 0 Å². The van der Waals surface area contributed by atoms with E-state index in [1.807, 2.05) is 26.2 Å². The maximum absolute atomic E-state index is 5.88. The summed E-state index contributed by atoms with van der Waals surface area (Å²) in [6.45, 7) is 8.18. The lowest BCUT2D eigenvalue weighted by Crippen LogP contribution is -2.21. The summed E-state index contributed by atoms with van der Waals surface area (Å²) >= 11 is 1.66. The van der Waals surface area contributed by atoms with Crippen molar-refractivity contribution in [2.75, 3.05) is 0 Å². The van der Waals surface area contributed by atoms with Gasteiger partial charge in [0.2, 0.25) is 0 Å². The van der Waals surface area contributed by atoms with Crippen molar-refractivity contribution in [2.24, 2.45) is 10.7 Å². The average Bonchev–Trinajstić information content (AvgIpc) is 2.30. The third-order valence-electron chi connectivity index (χ3n) is 1.59. The van der Waals surface area contributed by atoms with E-state index in [2.05, 4.69) is 17.3 Å². The van der Waals surface area contributed by atoms with Gasteiger partial charge in [-0.05, 0) is 38.6 Å². The Morgan fingerprint density at radius 1 is 1.38 bits per heavy atom. The summed E-state index contributed by atoms with van der Waals surface area (Å²) in [5, 5.41) is 4.13. The van der Waals surface area contributed by atoms with E-state index in [1.54, 1.807) is 11.3 Å². The first kappa shape index (κ1) is 10.3. The van der Waals surface area contributed by atoms with Crippen LogP contribution in [0, 0.1) is 6.92 Å². The predicted octanol–water partition coefficient (Wildman–Crippen LogP) is 2.56. The fourth-order valence-electron chi connectivity index (χ4n) is 1.04. The molecule has 0 aliphatic carbocycles. The number of aliphatic imine (C=N–C) groups is 1. The molecule has 0 unspecified atom stereocenters. The Hall–Kier alpha value is -0.830. The third-order valence-corrected chi connectivity index (χ3v) is 2.45. The van der Waals surface area contributed by atoms with Crippen molar-refractivity contribution in [1.29, 1.82) is 0 Å². The second-order valence-corrected chi connectivity index (χ2v) is 4.88. The number of nitrogens with two attached hydrogens (primary N) is 1. The zero-order chi connectivity index (χ0) is 10.1. The molecule has 1 aromatic heterocycles. The van der Waals surface area contributed by atoms with E-state index in [9.17, 15) is 0 Å². The Kier molecular flexibility index (Phi) is 2.76. The van der Waals surface area contributed by atoms with Gasteiger partial charge in [0, 0.05) is 10.9 Å².